The van der Waals surface area contributed by atoms with E-state index in [9.17, 15) is 15.0 Å². The Morgan fingerprint density at radius 1 is 1.60 bits per heavy atom. The van der Waals surface area contributed by atoms with Gasteiger partial charge in [-0.3, -0.25) is 4.79 Å². The Hall–Kier alpha value is -1.07. The van der Waals surface area contributed by atoms with Gasteiger partial charge in [-0.05, 0) is 23.8 Å². The number of rotatable bonds is 3. The van der Waals surface area contributed by atoms with E-state index in [4.69, 9.17) is 0 Å². The molecular weight excluding hydrogens is 264 g/mol. The van der Waals surface area contributed by atoms with Crippen LogP contribution in [0.5, 0.6) is 5.75 Å². The number of carbonyl (C=O) groups is 1. The lowest BCUT2D eigenvalue weighted by atomic mass is 10.1. The minimum absolute atomic E-state index is 0.0390. The fraction of sp³-hybridized carbons (Fsp3) is 0.300. The van der Waals surface area contributed by atoms with Crippen LogP contribution < -0.4 is 0 Å². The van der Waals surface area contributed by atoms with E-state index in [1.807, 2.05) is 0 Å². The van der Waals surface area contributed by atoms with Crippen molar-refractivity contribution < 1.29 is 19.7 Å². The van der Waals surface area contributed by atoms with Gasteiger partial charge < -0.3 is 14.9 Å². The minimum atomic E-state index is -0.987. The molecule has 0 aliphatic carbocycles. The molecule has 0 amide bonds. The lowest BCUT2D eigenvalue weighted by Gasteiger charge is -2.11. The number of aliphatic hydroxyl groups excluding tert-OH is 1. The number of ether oxygens (including phenoxy) is 1. The summed E-state index contributed by atoms with van der Waals surface area (Å²) in [5.41, 5.74) is 0.459. The molecule has 5 heteroatoms. The van der Waals surface area contributed by atoms with Crippen LogP contribution in [-0.4, -0.2) is 23.3 Å². The molecule has 2 N–H and O–H groups in total. The Morgan fingerprint density at radius 2 is 2.27 bits per heavy atom. The molecule has 1 aromatic rings. The monoisotopic (exact) mass is 274 g/mol. The molecule has 0 aliphatic heterocycles. The molecule has 15 heavy (non-hydrogen) atoms. The Balaban J connectivity index is 2.85. The molecule has 4 nitrogen and oxygen atoms in total. The van der Waals surface area contributed by atoms with E-state index >= 15 is 0 Å². The van der Waals surface area contributed by atoms with Crippen molar-refractivity contribution in [2.75, 3.05) is 7.11 Å². The van der Waals surface area contributed by atoms with Gasteiger partial charge in [0.25, 0.3) is 0 Å². The average Bonchev–Trinajstić information content (AvgIpc) is 2.21. The number of phenolic OH excluding ortho intramolecular Hbond substituents is 1. The van der Waals surface area contributed by atoms with Crippen LogP contribution >= 0.6 is 15.9 Å². The third kappa shape index (κ3) is 3.21. The normalized spacial score (nSPS) is 12.2. The first kappa shape index (κ1) is 12.0. The lowest BCUT2D eigenvalue weighted by molar-refractivity contribution is -0.142. The van der Waals surface area contributed by atoms with Gasteiger partial charge in [-0.1, -0.05) is 15.9 Å². The molecule has 0 aliphatic rings. The molecule has 1 rings (SSSR count). The van der Waals surface area contributed by atoms with Gasteiger partial charge in [0, 0.05) is 4.47 Å². The highest BCUT2D eigenvalue weighted by Crippen LogP contribution is 2.29. The maximum Gasteiger partial charge on any atom is 0.308 e. The molecular formula is C10H11BrO4. The highest BCUT2D eigenvalue weighted by Gasteiger charge is 2.16. The maximum absolute atomic E-state index is 10.9. The van der Waals surface area contributed by atoms with E-state index in [-0.39, 0.29) is 12.2 Å². The molecule has 0 unspecified atom stereocenters. The van der Waals surface area contributed by atoms with Crippen LogP contribution in [0.25, 0.3) is 0 Å². The molecule has 0 heterocycles. The molecule has 82 valence electrons. The summed E-state index contributed by atoms with van der Waals surface area (Å²) in [5.74, 6) is -0.463. The van der Waals surface area contributed by atoms with Gasteiger partial charge in [0.2, 0.25) is 0 Å². The van der Waals surface area contributed by atoms with E-state index in [0.717, 1.165) is 0 Å². The summed E-state index contributed by atoms with van der Waals surface area (Å²) in [6, 6.07) is 4.49. The van der Waals surface area contributed by atoms with Crippen molar-refractivity contribution in [3.63, 3.8) is 0 Å². The number of phenols is 1. The summed E-state index contributed by atoms with van der Waals surface area (Å²) in [6.07, 6.45) is -1.13. The van der Waals surface area contributed by atoms with E-state index in [1.54, 1.807) is 6.07 Å². The van der Waals surface area contributed by atoms with Gasteiger partial charge in [-0.15, -0.1) is 0 Å². The van der Waals surface area contributed by atoms with Crippen molar-refractivity contribution in [3.05, 3.63) is 28.2 Å². The second kappa shape index (κ2) is 5.14. The van der Waals surface area contributed by atoms with Crippen molar-refractivity contribution in [2.45, 2.75) is 12.5 Å². The van der Waals surface area contributed by atoms with Crippen molar-refractivity contribution in [3.8, 4) is 5.75 Å². The number of esters is 1. The van der Waals surface area contributed by atoms with Crippen molar-refractivity contribution >= 4 is 21.9 Å². The van der Waals surface area contributed by atoms with Crippen LogP contribution in [0.1, 0.15) is 18.1 Å². The van der Waals surface area contributed by atoms with Gasteiger partial charge in [0.1, 0.15) is 5.75 Å². The molecule has 0 bridgehead atoms. The summed E-state index contributed by atoms with van der Waals surface area (Å²) in [7, 11) is 1.26. The third-order valence-corrected chi connectivity index (χ3v) is 2.65. The predicted octanol–water partition coefficient (Wildman–Crippen LogP) is 1.75. The summed E-state index contributed by atoms with van der Waals surface area (Å²) < 4.78 is 5.07. The van der Waals surface area contributed by atoms with Crippen molar-refractivity contribution in [1.82, 2.24) is 0 Å². The SMILES string of the molecule is COC(=O)C[C@H](O)c1cc(O)ccc1Br. The molecule has 1 aromatic carbocycles. The standard InChI is InChI=1S/C10H11BrO4/c1-15-10(14)5-9(13)7-4-6(12)2-3-8(7)11/h2-4,9,12-13H,5H2,1H3/t9-/m0/s1. The van der Waals surface area contributed by atoms with Crippen molar-refractivity contribution in [1.29, 1.82) is 0 Å². The summed E-state index contributed by atoms with van der Waals surface area (Å²) in [4.78, 5) is 10.9. The van der Waals surface area contributed by atoms with Gasteiger partial charge in [0.05, 0.1) is 19.6 Å². The van der Waals surface area contributed by atoms with E-state index in [2.05, 4.69) is 20.7 Å². The number of aromatic hydroxyl groups is 1. The molecule has 0 aromatic heterocycles. The van der Waals surface area contributed by atoms with Crippen molar-refractivity contribution in [2.24, 2.45) is 0 Å². The number of benzene rings is 1. The fourth-order valence-corrected chi connectivity index (χ4v) is 1.65. The largest absolute Gasteiger partial charge is 0.508 e. The minimum Gasteiger partial charge on any atom is -0.508 e. The predicted molar refractivity (Wildman–Crippen MR) is 57.4 cm³/mol. The molecule has 0 spiro atoms. The highest BCUT2D eigenvalue weighted by atomic mass is 79.9. The van der Waals surface area contributed by atoms with Gasteiger partial charge in [-0.25, -0.2) is 0 Å². The second-order valence-electron chi connectivity index (χ2n) is 3.00. The topological polar surface area (TPSA) is 66.8 Å². The van der Waals surface area contributed by atoms with Crippen LogP contribution in [0.15, 0.2) is 22.7 Å². The number of hydrogen-bond acceptors (Lipinski definition) is 4. The zero-order chi connectivity index (χ0) is 11.4. The zero-order valence-corrected chi connectivity index (χ0v) is 9.69. The highest BCUT2D eigenvalue weighted by molar-refractivity contribution is 9.10. The molecule has 0 fully saturated rings. The smallest absolute Gasteiger partial charge is 0.308 e. The first-order chi connectivity index (χ1) is 7.04. The van der Waals surface area contributed by atoms with E-state index < -0.39 is 12.1 Å². The van der Waals surface area contributed by atoms with Crippen LogP contribution in [-0.2, 0) is 9.53 Å². The molecule has 1 atom stereocenters. The number of methoxy groups -OCH3 is 1. The number of carbonyl (C=O) groups excluding carboxylic acids is 1. The van der Waals surface area contributed by atoms with E-state index in [1.165, 1.54) is 19.2 Å². The number of aliphatic hydroxyl groups is 1. The summed E-state index contributed by atoms with van der Waals surface area (Å²) in [6.45, 7) is 0. The lowest BCUT2D eigenvalue weighted by Crippen LogP contribution is -2.08. The number of hydrogen-bond donors (Lipinski definition) is 2. The van der Waals surface area contributed by atoms with Crippen LogP contribution in [0.4, 0.5) is 0 Å². The molecule has 0 saturated carbocycles. The second-order valence-corrected chi connectivity index (χ2v) is 3.86. The van der Waals surface area contributed by atoms with Gasteiger partial charge in [-0.2, -0.15) is 0 Å². The third-order valence-electron chi connectivity index (χ3n) is 1.93. The van der Waals surface area contributed by atoms with E-state index in [0.29, 0.717) is 10.0 Å². The van der Waals surface area contributed by atoms with Crippen LogP contribution in [0, 0.1) is 0 Å². The summed E-state index contributed by atoms with van der Waals surface area (Å²) in [5, 5.41) is 18.9. The molecule has 0 radical (unpaired) electrons. The Bertz CT molecular complexity index is 364. The Kier molecular flexibility index (Phi) is 4.11. The average molecular weight is 275 g/mol. The van der Waals surface area contributed by atoms with Crippen LogP contribution in [0.2, 0.25) is 0 Å². The molecule has 0 saturated heterocycles. The quantitative estimate of drug-likeness (QED) is 0.825. The zero-order valence-electron chi connectivity index (χ0n) is 8.11. The Morgan fingerprint density at radius 3 is 2.87 bits per heavy atom. The summed E-state index contributed by atoms with van der Waals surface area (Å²) >= 11 is 3.22. The fourth-order valence-electron chi connectivity index (χ4n) is 1.14. The first-order valence-corrected chi connectivity index (χ1v) is 5.07. The first-order valence-electron chi connectivity index (χ1n) is 4.28. The Labute approximate surface area is 95.6 Å². The number of halogens is 1. The van der Waals surface area contributed by atoms with Gasteiger partial charge in [0.15, 0.2) is 0 Å². The maximum atomic E-state index is 10.9. The van der Waals surface area contributed by atoms with Crippen LogP contribution in [0.3, 0.4) is 0 Å². The van der Waals surface area contributed by atoms with Gasteiger partial charge >= 0.3 is 5.97 Å².